The minimum atomic E-state index is 0.550. The van der Waals surface area contributed by atoms with Crippen LogP contribution in [0.25, 0.3) is 5.69 Å². The summed E-state index contributed by atoms with van der Waals surface area (Å²) in [5.74, 6) is 0.630. The van der Waals surface area contributed by atoms with Crippen LogP contribution in [0.15, 0.2) is 36.5 Å². The van der Waals surface area contributed by atoms with Crippen molar-refractivity contribution in [1.82, 2.24) is 9.78 Å². The van der Waals surface area contributed by atoms with E-state index in [1.54, 1.807) is 16.9 Å². The van der Waals surface area contributed by atoms with Crippen LogP contribution >= 0.6 is 0 Å². The van der Waals surface area contributed by atoms with Crippen LogP contribution in [0.2, 0.25) is 0 Å². The fourth-order valence-corrected chi connectivity index (χ4v) is 1.30. The van der Waals surface area contributed by atoms with Crippen LogP contribution in [0.4, 0.5) is 5.82 Å². The van der Waals surface area contributed by atoms with Crippen LogP contribution in [-0.2, 0) is 6.54 Å². The van der Waals surface area contributed by atoms with Gasteiger partial charge in [-0.15, -0.1) is 0 Å². The Morgan fingerprint density at radius 2 is 1.86 bits per heavy atom. The van der Waals surface area contributed by atoms with Gasteiger partial charge >= 0.3 is 0 Å². The Kier molecular flexibility index (Phi) is 2.20. The number of nitrogen functional groups attached to an aromatic ring is 1. The van der Waals surface area contributed by atoms with E-state index in [1.807, 2.05) is 24.3 Å². The first kappa shape index (κ1) is 8.77. The van der Waals surface area contributed by atoms with Crippen molar-refractivity contribution in [2.24, 2.45) is 5.73 Å². The second kappa shape index (κ2) is 3.51. The third-order valence-electron chi connectivity index (χ3n) is 2.09. The molecule has 0 spiro atoms. The normalized spacial score (nSPS) is 10.4. The average molecular weight is 188 g/mol. The molecule has 1 aromatic heterocycles. The Bertz CT molecular complexity index is 416. The van der Waals surface area contributed by atoms with E-state index < -0.39 is 0 Å². The highest BCUT2D eigenvalue weighted by Gasteiger charge is 2.00. The minimum Gasteiger partial charge on any atom is -0.384 e. The Morgan fingerprint density at radius 3 is 2.36 bits per heavy atom. The standard InChI is InChI=1S/C10H12N4/c11-7-8-1-3-9(4-2-8)14-10(12)5-6-13-14/h1-6H,7,11-12H2. The number of aromatic nitrogens is 2. The SMILES string of the molecule is NCc1ccc(-n2nccc2N)cc1. The van der Waals surface area contributed by atoms with E-state index >= 15 is 0 Å². The molecule has 0 amide bonds. The van der Waals surface area contributed by atoms with E-state index in [-0.39, 0.29) is 0 Å². The van der Waals surface area contributed by atoms with Crippen molar-refractivity contribution >= 4 is 5.82 Å². The number of hydrogen-bond donors (Lipinski definition) is 2. The number of anilines is 1. The van der Waals surface area contributed by atoms with Crippen molar-refractivity contribution in [2.75, 3.05) is 5.73 Å². The second-order valence-corrected chi connectivity index (χ2v) is 3.04. The molecule has 0 aliphatic rings. The van der Waals surface area contributed by atoms with Crippen LogP contribution < -0.4 is 11.5 Å². The summed E-state index contributed by atoms with van der Waals surface area (Å²) in [6.45, 7) is 0.550. The molecule has 2 rings (SSSR count). The van der Waals surface area contributed by atoms with Gasteiger partial charge in [-0.2, -0.15) is 5.10 Å². The third-order valence-corrected chi connectivity index (χ3v) is 2.09. The predicted octanol–water partition coefficient (Wildman–Crippen LogP) is 0.913. The molecule has 4 heteroatoms. The summed E-state index contributed by atoms with van der Waals surface area (Å²) in [5, 5.41) is 4.10. The average Bonchev–Trinajstić information content (AvgIpc) is 2.65. The molecule has 0 atom stereocenters. The zero-order valence-corrected chi connectivity index (χ0v) is 7.72. The van der Waals surface area contributed by atoms with Crippen molar-refractivity contribution < 1.29 is 0 Å². The van der Waals surface area contributed by atoms with Crippen molar-refractivity contribution in [2.45, 2.75) is 6.54 Å². The van der Waals surface area contributed by atoms with Crippen LogP contribution in [-0.4, -0.2) is 9.78 Å². The molecule has 0 unspecified atom stereocenters. The van der Waals surface area contributed by atoms with Gasteiger partial charge in [-0.25, -0.2) is 4.68 Å². The summed E-state index contributed by atoms with van der Waals surface area (Å²) in [7, 11) is 0. The van der Waals surface area contributed by atoms with Gasteiger partial charge in [-0.1, -0.05) is 12.1 Å². The lowest BCUT2D eigenvalue weighted by Crippen LogP contribution is -2.02. The van der Waals surface area contributed by atoms with Gasteiger partial charge in [0, 0.05) is 12.6 Å². The molecule has 2 aromatic rings. The van der Waals surface area contributed by atoms with Crippen LogP contribution in [0, 0.1) is 0 Å². The lowest BCUT2D eigenvalue weighted by atomic mass is 10.2. The van der Waals surface area contributed by atoms with E-state index in [0.717, 1.165) is 11.3 Å². The molecule has 72 valence electrons. The summed E-state index contributed by atoms with van der Waals surface area (Å²) < 4.78 is 1.68. The summed E-state index contributed by atoms with van der Waals surface area (Å²) in [4.78, 5) is 0. The number of rotatable bonds is 2. The Labute approximate surface area is 82.1 Å². The number of benzene rings is 1. The molecule has 14 heavy (non-hydrogen) atoms. The van der Waals surface area contributed by atoms with E-state index in [9.17, 15) is 0 Å². The highest BCUT2D eigenvalue weighted by Crippen LogP contribution is 2.12. The highest BCUT2D eigenvalue weighted by molar-refractivity contribution is 5.41. The molecule has 4 nitrogen and oxygen atoms in total. The first-order valence-corrected chi connectivity index (χ1v) is 4.40. The molecule has 0 aliphatic carbocycles. The van der Waals surface area contributed by atoms with Gasteiger partial charge in [0.15, 0.2) is 0 Å². The molecule has 4 N–H and O–H groups in total. The molecule has 0 bridgehead atoms. The maximum atomic E-state index is 5.72. The zero-order chi connectivity index (χ0) is 9.97. The predicted molar refractivity (Wildman–Crippen MR) is 55.9 cm³/mol. The molecule has 0 aliphatic heterocycles. The van der Waals surface area contributed by atoms with Gasteiger partial charge in [-0.3, -0.25) is 0 Å². The Balaban J connectivity index is 2.39. The van der Waals surface area contributed by atoms with E-state index in [4.69, 9.17) is 11.5 Å². The van der Waals surface area contributed by atoms with Gasteiger partial charge in [0.1, 0.15) is 5.82 Å². The van der Waals surface area contributed by atoms with Gasteiger partial charge in [0.05, 0.1) is 11.9 Å². The van der Waals surface area contributed by atoms with Gasteiger partial charge in [0.25, 0.3) is 0 Å². The zero-order valence-electron chi connectivity index (χ0n) is 7.72. The molecule has 0 radical (unpaired) electrons. The number of nitrogens with zero attached hydrogens (tertiary/aromatic N) is 2. The smallest absolute Gasteiger partial charge is 0.127 e. The lowest BCUT2D eigenvalue weighted by molar-refractivity contribution is 0.889. The maximum absolute atomic E-state index is 5.72. The molecular weight excluding hydrogens is 176 g/mol. The summed E-state index contributed by atoms with van der Waals surface area (Å²) in [6, 6.07) is 9.60. The fourth-order valence-electron chi connectivity index (χ4n) is 1.30. The van der Waals surface area contributed by atoms with Gasteiger partial charge in [-0.05, 0) is 17.7 Å². The van der Waals surface area contributed by atoms with Gasteiger partial charge in [0.2, 0.25) is 0 Å². The van der Waals surface area contributed by atoms with Crippen molar-refractivity contribution in [3.8, 4) is 5.69 Å². The molecule has 1 heterocycles. The van der Waals surface area contributed by atoms with E-state index in [0.29, 0.717) is 12.4 Å². The third kappa shape index (κ3) is 1.47. The fraction of sp³-hybridized carbons (Fsp3) is 0.100. The number of hydrogen-bond acceptors (Lipinski definition) is 3. The molecule has 1 aromatic carbocycles. The minimum absolute atomic E-state index is 0.550. The first-order chi connectivity index (χ1) is 6.81. The Hall–Kier alpha value is -1.81. The summed E-state index contributed by atoms with van der Waals surface area (Å²) in [6.07, 6.45) is 1.67. The van der Waals surface area contributed by atoms with E-state index in [2.05, 4.69) is 5.10 Å². The summed E-state index contributed by atoms with van der Waals surface area (Å²) in [5.41, 5.74) is 13.3. The van der Waals surface area contributed by atoms with Crippen LogP contribution in [0.3, 0.4) is 0 Å². The highest BCUT2D eigenvalue weighted by atomic mass is 15.3. The first-order valence-electron chi connectivity index (χ1n) is 4.40. The summed E-state index contributed by atoms with van der Waals surface area (Å²) >= 11 is 0. The van der Waals surface area contributed by atoms with Crippen LogP contribution in [0.5, 0.6) is 0 Å². The molecule has 0 fully saturated rings. The van der Waals surface area contributed by atoms with Crippen molar-refractivity contribution in [3.05, 3.63) is 42.1 Å². The van der Waals surface area contributed by atoms with Crippen LogP contribution in [0.1, 0.15) is 5.56 Å². The quantitative estimate of drug-likeness (QED) is 0.736. The van der Waals surface area contributed by atoms with Crippen molar-refractivity contribution in [1.29, 1.82) is 0 Å². The number of nitrogens with two attached hydrogens (primary N) is 2. The Morgan fingerprint density at radius 1 is 1.14 bits per heavy atom. The van der Waals surface area contributed by atoms with Gasteiger partial charge < -0.3 is 11.5 Å². The molecule has 0 saturated carbocycles. The largest absolute Gasteiger partial charge is 0.384 e. The maximum Gasteiger partial charge on any atom is 0.127 e. The van der Waals surface area contributed by atoms with E-state index in [1.165, 1.54) is 0 Å². The monoisotopic (exact) mass is 188 g/mol. The van der Waals surface area contributed by atoms with Crippen molar-refractivity contribution in [3.63, 3.8) is 0 Å². The lowest BCUT2D eigenvalue weighted by Gasteiger charge is -2.04. The molecular formula is C10H12N4. The topological polar surface area (TPSA) is 69.9 Å². The molecule has 0 saturated heterocycles. The second-order valence-electron chi connectivity index (χ2n) is 3.04.